The molecule has 1 amide bonds. The Balaban J connectivity index is 1.35. The van der Waals surface area contributed by atoms with Crippen LogP contribution in [-0.4, -0.2) is 67.6 Å². The Kier molecular flexibility index (Phi) is 5.71. The van der Waals surface area contributed by atoms with E-state index in [0.29, 0.717) is 0 Å². The van der Waals surface area contributed by atoms with Crippen LogP contribution < -0.4 is 11.1 Å². The van der Waals surface area contributed by atoms with Crippen molar-refractivity contribution in [3.63, 3.8) is 0 Å². The summed E-state index contributed by atoms with van der Waals surface area (Å²) in [5.41, 5.74) is 5.41. The molecule has 0 aromatic carbocycles. The lowest BCUT2D eigenvalue weighted by molar-refractivity contribution is -0.123. The topological polar surface area (TPSA) is 61.6 Å². The highest BCUT2D eigenvalue weighted by atomic mass is 16.1. The summed E-state index contributed by atoms with van der Waals surface area (Å²) in [4.78, 5) is 16.4. The zero-order chi connectivity index (χ0) is 15.4. The third-order valence-corrected chi connectivity index (χ3v) is 5.77. The molecule has 0 spiro atoms. The summed E-state index contributed by atoms with van der Waals surface area (Å²) in [7, 11) is 0. The molecule has 5 heteroatoms. The van der Waals surface area contributed by atoms with Crippen molar-refractivity contribution >= 4 is 5.91 Å². The first-order valence-electron chi connectivity index (χ1n) is 9.18. The lowest BCUT2D eigenvalue weighted by Crippen LogP contribution is -2.43. The Morgan fingerprint density at radius 2 is 1.77 bits per heavy atom. The molecule has 3 N–H and O–H groups in total. The minimum atomic E-state index is -0.105. The summed E-state index contributed by atoms with van der Waals surface area (Å²) < 4.78 is 0. The maximum atomic E-state index is 11.2. The number of nitrogens with two attached hydrogens (primary N) is 1. The van der Waals surface area contributed by atoms with Gasteiger partial charge in [0.2, 0.25) is 5.91 Å². The zero-order valence-corrected chi connectivity index (χ0v) is 13.8. The van der Waals surface area contributed by atoms with Gasteiger partial charge < -0.3 is 20.9 Å². The van der Waals surface area contributed by atoms with Crippen LogP contribution in [-0.2, 0) is 4.79 Å². The standard InChI is InChI=1S/C17H32N4O/c18-17(22)15-5-9-20(10-6-15)11-14-4-8-21(12-14)13-16-3-1-2-7-19-16/h14-16,19H,1-13H2,(H2,18,22)/t14?,16-/m1/s1. The quantitative estimate of drug-likeness (QED) is 0.783. The van der Waals surface area contributed by atoms with Crippen molar-refractivity contribution in [1.82, 2.24) is 15.1 Å². The third kappa shape index (κ3) is 4.43. The predicted octanol–water partition coefficient (Wildman–Crippen LogP) is 0.648. The average molecular weight is 308 g/mol. The summed E-state index contributed by atoms with van der Waals surface area (Å²) in [6.45, 7) is 8.27. The van der Waals surface area contributed by atoms with Gasteiger partial charge in [0.15, 0.2) is 0 Å². The molecular weight excluding hydrogens is 276 g/mol. The van der Waals surface area contributed by atoms with E-state index in [0.717, 1.165) is 37.9 Å². The van der Waals surface area contributed by atoms with Crippen LogP contribution in [0.5, 0.6) is 0 Å². The Bertz CT molecular complexity index is 362. The molecule has 3 rings (SSSR count). The minimum absolute atomic E-state index is 0.105. The van der Waals surface area contributed by atoms with Gasteiger partial charge in [-0.1, -0.05) is 6.42 Å². The van der Waals surface area contributed by atoms with E-state index in [-0.39, 0.29) is 11.8 Å². The Hall–Kier alpha value is -0.650. The summed E-state index contributed by atoms with van der Waals surface area (Å²) in [6.07, 6.45) is 7.34. The van der Waals surface area contributed by atoms with Gasteiger partial charge >= 0.3 is 0 Å². The average Bonchev–Trinajstić information content (AvgIpc) is 2.96. The number of primary amides is 1. The van der Waals surface area contributed by atoms with Gasteiger partial charge in [0, 0.05) is 31.6 Å². The van der Waals surface area contributed by atoms with Gasteiger partial charge in [-0.3, -0.25) is 4.79 Å². The number of carbonyl (C=O) groups excluding carboxylic acids is 1. The molecule has 3 saturated heterocycles. The molecule has 0 radical (unpaired) electrons. The van der Waals surface area contributed by atoms with Crippen molar-refractivity contribution in [3.8, 4) is 0 Å². The second-order valence-electron chi connectivity index (χ2n) is 7.54. The molecular formula is C17H32N4O. The van der Waals surface area contributed by atoms with Crippen molar-refractivity contribution in [3.05, 3.63) is 0 Å². The number of hydrogen-bond acceptors (Lipinski definition) is 4. The van der Waals surface area contributed by atoms with Crippen molar-refractivity contribution in [1.29, 1.82) is 0 Å². The molecule has 3 aliphatic heterocycles. The Labute approximate surface area is 134 Å². The predicted molar refractivity (Wildman–Crippen MR) is 88.5 cm³/mol. The Morgan fingerprint density at radius 1 is 1.00 bits per heavy atom. The number of nitrogens with one attached hydrogen (secondary N) is 1. The molecule has 0 bridgehead atoms. The number of nitrogens with zero attached hydrogens (tertiary/aromatic N) is 2. The molecule has 3 heterocycles. The molecule has 1 unspecified atom stereocenters. The van der Waals surface area contributed by atoms with E-state index in [1.165, 1.54) is 58.4 Å². The number of hydrogen-bond donors (Lipinski definition) is 2. The molecule has 3 fully saturated rings. The first-order chi connectivity index (χ1) is 10.7. The van der Waals surface area contributed by atoms with E-state index < -0.39 is 0 Å². The summed E-state index contributed by atoms with van der Waals surface area (Å²) in [5, 5.41) is 3.66. The van der Waals surface area contributed by atoms with Crippen molar-refractivity contribution in [2.45, 2.75) is 44.6 Å². The van der Waals surface area contributed by atoms with E-state index >= 15 is 0 Å². The molecule has 0 aliphatic carbocycles. The molecule has 3 aliphatic rings. The van der Waals surface area contributed by atoms with Crippen LogP contribution in [0.3, 0.4) is 0 Å². The van der Waals surface area contributed by atoms with Gasteiger partial charge in [-0.2, -0.15) is 0 Å². The van der Waals surface area contributed by atoms with Gasteiger partial charge in [-0.15, -0.1) is 0 Å². The normalized spacial score (nSPS) is 32.4. The van der Waals surface area contributed by atoms with Crippen LogP contribution in [0.1, 0.15) is 38.5 Å². The SMILES string of the molecule is NC(=O)C1CCN(CC2CCN(C[C@H]3CCCCN3)C2)CC1. The smallest absolute Gasteiger partial charge is 0.220 e. The highest BCUT2D eigenvalue weighted by Gasteiger charge is 2.29. The lowest BCUT2D eigenvalue weighted by Gasteiger charge is -2.32. The largest absolute Gasteiger partial charge is 0.369 e. The van der Waals surface area contributed by atoms with Crippen molar-refractivity contribution in [2.24, 2.45) is 17.6 Å². The fraction of sp³-hybridized carbons (Fsp3) is 0.941. The van der Waals surface area contributed by atoms with Crippen LogP contribution in [0.15, 0.2) is 0 Å². The molecule has 0 saturated carbocycles. The van der Waals surface area contributed by atoms with Gasteiger partial charge in [0.25, 0.3) is 0 Å². The third-order valence-electron chi connectivity index (χ3n) is 5.77. The number of likely N-dealkylation sites (tertiary alicyclic amines) is 2. The van der Waals surface area contributed by atoms with Gasteiger partial charge in [0.1, 0.15) is 0 Å². The van der Waals surface area contributed by atoms with Crippen LogP contribution >= 0.6 is 0 Å². The van der Waals surface area contributed by atoms with Crippen LogP contribution in [0, 0.1) is 11.8 Å². The van der Waals surface area contributed by atoms with Gasteiger partial charge in [0.05, 0.1) is 0 Å². The second kappa shape index (κ2) is 7.75. The van der Waals surface area contributed by atoms with E-state index in [4.69, 9.17) is 5.73 Å². The zero-order valence-electron chi connectivity index (χ0n) is 13.8. The first-order valence-corrected chi connectivity index (χ1v) is 9.18. The van der Waals surface area contributed by atoms with Crippen LogP contribution in [0.25, 0.3) is 0 Å². The number of rotatable bonds is 5. The molecule has 5 nitrogen and oxygen atoms in total. The van der Waals surface area contributed by atoms with Crippen molar-refractivity contribution in [2.75, 3.05) is 45.8 Å². The summed E-state index contributed by atoms with van der Waals surface area (Å²) >= 11 is 0. The fourth-order valence-corrected chi connectivity index (χ4v) is 4.38. The molecule has 2 atom stereocenters. The molecule has 22 heavy (non-hydrogen) atoms. The van der Waals surface area contributed by atoms with Crippen LogP contribution in [0.2, 0.25) is 0 Å². The van der Waals surface area contributed by atoms with E-state index in [2.05, 4.69) is 15.1 Å². The molecule has 0 aromatic heterocycles. The number of piperidine rings is 2. The number of carbonyl (C=O) groups is 1. The van der Waals surface area contributed by atoms with Gasteiger partial charge in [-0.05, 0) is 64.2 Å². The highest BCUT2D eigenvalue weighted by molar-refractivity contribution is 5.76. The first kappa shape index (κ1) is 16.2. The maximum absolute atomic E-state index is 11.2. The van der Waals surface area contributed by atoms with E-state index in [9.17, 15) is 4.79 Å². The molecule has 126 valence electrons. The lowest BCUT2D eigenvalue weighted by atomic mass is 9.95. The monoisotopic (exact) mass is 308 g/mol. The van der Waals surface area contributed by atoms with Gasteiger partial charge in [-0.25, -0.2) is 0 Å². The second-order valence-corrected chi connectivity index (χ2v) is 7.54. The van der Waals surface area contributed by atoms with E-state index in [1.807, 2.05) is 0 Å². The highest BCUT2D eigenvalue weighted by Crippen LogP contribution is 2.22. The summed E-state index contributed by atoms with van der Waals surface area (Å²) in [6, 6.07) is 0.721. The fourth-order valence-electron chi connectivity index (χ4n) is 4.38. The molecule has 0 aromatic rings. The Morgan fingerprint density at radius 3 is 2.45 bits per heavy atom. The van der Waals surface area contributed by atoms with E-state index in [1.54, 1.807) is 0 Å². The maximum Gasteiger partial charge on any atom is 0.220 e. The van der Waals surface area contributed by atoms with Crippen LogP contribution in [0.4, 0.5) is 0 Å². The minimum Gasteiger partial charge on any atom is -0.369 e. The van der Waals surface area contributed by atoms with Crippen molar-refractivity contribution < 1.29 is 4.79 Å². The summed E-state index contributed by atoms with van der Waals surface area (Å²) in [5.74, 6) is 0.828. The number of amides is 1.